The van der Waals surface area contributed by atoms with E-state index in [2.05, 4.69) is 211 Å². The molecule has 2 aliphatic rings. The van der Waals surface area contributed by atoms with Crippen molar-refractivity contribution in [3.63, 3.8) is 0 Å². The molecule has 3 heterocycles. The van der Waals surface area contributed by atoms with Gasteiger partial charge in [0.05, 0.1) is 17.2 Å². The number of benzene rings is 5. The lowest BCUT2D eigenvalue weighted by Gasteiger charge is -2.45. The molecule has 274 valence electrons. The van der Waals surface area contributed by atoms with Crippen LogP contribution in [0.15, 0.2) is 109 Å². The second-order valence-corrected chi connectivity index (χ2v) is 20.3. The van der Waals surface area contributed by atoms with E-state index in [0.717, 1.165) is 29.4 Å². The van der Waals surface area contributed by atoms with E-state index < -0.39 is 0 Å². The first-order chi connectivity index (χ1) is 25.4. The van der Waals surface area contributed by atoms with Crippen molar-refractivity contribution in [3.05, 3.63) is 132 Å². The number of para-hydroxylation sites is 2. The average molecular weight is 826 g/mol. The zero-order valence-corrected chi connectivity index (χ0v) is 35.3. The molecule has 7 aromatic rings. The van der Waals surface area contributed by atoms with Gasteiger partial charge in [0, 0.05) is 51.7 Å². The normalized spacial score (nSPS) is 18.9. The van der Waals surface area contributed by atoms with Gasteiger partial charge in [-0.15, -0.1) is 0 Å². The van der Waals surface area contributed by atoms with Crippen molar-refractivity contribution in [3.8, 4) is 11.5 Å². The third-order valence-corrected chi connectivity index (χ3v) is 14.2. The van der Waals surface area contributed by atoms with Gasteiger partial charge in [-0.1, -0.05) is 112 Å². The van der Waals surface area contributed by atoms with E-state index in [4.69, 9.17) is 9.84 Å². The molecular weight excluding hydrogens is 775 g/mol. The highest BCUT2D eigenvalue weighted by molar-refractivity contribution is 14.1. The van der Waals surface area contributed by atoms with Crippen LogP contribution >= 0.6 is 22.9 Å². The van der Waals surface area contributed by atoms with Crippen LogP contribution in [0.5, 0.6) is 11.5 Å². The number of hydrogen-bond donors (Lipinski definition) is 0. The van der Waals surface area contributed by atoms with Crippen LogP contribution in [-0.4, -0.2) is 16.3 Å². The molecule has 5 aromatic carbocycles. The van der Waals surface area contributed by atoms with Crippen LogP contribution in [0.25, 0.3) is 27.2 Å². The molecule has 9 rings (SSSR count). The first-order valence-corrected chi connectivity index (χ1v) is 20.1. The van der Waals surface area contributed by atoms with Crippen LogP contribution in [0.2, 0.25) is 0 Å². The Morgan fingerprint density at radius 1 is 0.685 bits per heavy atom. The summed E-state index contributed by atoms with van der Waals surface area (Å²) >= 11 is 2.63. The van der Waals surface area contributed by atoms with Crippen molar-refractivity contribution in [2.24, 2.45) is 0 Å². The van der Waals surface area contributed by atoms with Gasteiger partial charge in [-0.2, -0.15) is 7.80 Å². The molecule has 1 aliphatic heterocycles. The molecule has 0 N–H and O–H groups in total. The minimum Gasteiger partial charge on any atom is -0.457 e. The van der Waals surface area contributed by atoms with Crippen LogP contribution < -0.4 is 12.3 Å². The molecule has 0 amide bonds. The number of quaternary nitrogens is 1. The van der Waals surface area contributed by atoms with Gasteiger partial charge in [0.25, 0.3) is 22.9 Å². The number of pyridine rings is 1. The summed E-state index contributed by atoms with van der Waals surface area (Å²) in [6.45, 7) is 24.1. The SMILES string of the molecule is CC(C)(C)c1cc(N2C[N+](I)(c3cccc(Oc4ccc5c6cccc7c6c6c(cnn6c5c4)C(C)(C)C7(C)C)c3)c3ccccc32)cc(C(C)(C)C)c1. The highest BCUT2D eigenvalue weighted by Crippen LogP contribution is 2.55. The Hall–Kier alpha value is -4.40. The summed E-state index contributed by atoms with van der Waals surface area (Å²) in [5, 5.41) is 8.80. The Morgan fingerprint density at radius 3 is 2.07 bits per heavy atom. The first-order valence-electron chi connectivity index (χ1n) is 19.2. The summed E-state index contributed by atoms with van der Waals surface area (Å²) < 4.78 is 9.50. The van der Waals surface area contributed by atoms with Crippen LogP contribution in [0.4, 0.5) is 22.7 Å². The average Bonchev–Trinajstić information content (AvgIpc) is 3.72. The number of anilines is 2. The molecule has 0 fully saturated rings. The molecule has 54 heavy (non-hydrogen) atoms. The fourth-order valence-corrected chi connectivity index (χ4v) is 9.76. The van der Waals surface area contributed by atoms with Crippen molar-refractivity contribution in [1.29, 1.82) is 0 Å². The van der Waals surface area contributed by atoms with E-state index in [1.54, 1.807) is 0 Å². The predicted octanol–water partition coefficient (Wildman–Crippen LogP) is 13.7. The molecule has 0 saturated carbocycles. The molecular formula is C48H50IN4O+. The summed E-state index contributed by atoms with van der Waals surface area (Å²) in [7, 11) is 0. The Morgan fingerprint density at radius 2 is 1.35 bits per heavy atom. The van der Waals surface area contributed by atoms with E-state index in [-0.39, 0.29) is 21.7 Å². The van der Waals surface area contributed by atoms with Crippen molar-refractivity contribution in [2.75, 3.05) is 11.6 Å². The van der Waals surface area contributed by atoms with E-state index in [0.29, 0.717) is 2.70 Å². The van der Waals surface area contributed by atoms with Gasteiger partial charge < -0.3 is 4.74 Å². The van der Waals surface area contributed by atoms with Crippen LogP contribution in [0.3, 0.4) is 0 Å². The van der Waals surface area contributed by atoms with Gasteiger partial charge in [0.2, 0.25) is 0 Å². The second-order valence-electron chi connectivity index (χ2n) is 18.6. The van der Waals surface area contributed by atoms with Gasteiger partial charge in [0.1, 0.15) is 17.2 Å². The number of ether oxygens (including phenoxy) is 1. The summed E-state index contributed by atoms with van der Waals surface area (Å²) in [4.78, 5) is 2.50. The standard InChI is InChI=1S/C48H50IN4O/c1-45(2,3)30-23-31(46(4,5)6)25-32(24-30)51-29-53(49,42-20-12-11-19-40(42)51)33-15-13-16-34(26-33)54-35-21-22-36-37-17-14-18-38-43(37)44-39(48(9,10)47(38,7)8)28-50-52(44)41(36)27-35/h11-28H,29H2,1-10H3/q+1. The first kappa shape index (κ1) is 35.3. The third-order valence-electron chi connectivity index (χ3n) is 12.8. The number of aromatic nitrogens is 2. The van der Waals surface area contributed by atoms with Crippen LogP contribution in [-0.2, 0) is 21.7 Å². The smallest absolute Gasteiger partial charge is 0.262 e. The second kappa shape index (κ2) is 11.6. The molecule has 1 unspecified atom stereocenters. The Balaban J connectivity index is 1.11. The zero-order chi connectivity index (χ0) is 38.2. The molecule has 0 saturated heterocycles. The minimum atomic E-state index is -0.0788. The van der Waals surface area contributed by atoms with E-state index in [1.807, 2.05) is 0 Å². The highest BCUT2D eigenvalue weighted by Gasteiger charge is 2.47. The minimum absolute atomic E-state index is 0.0322. The summed E-state index contributed by atoms with van der Waals surface area (Å²) in [6.07, 6.45) is 2.09. The Bertz CT molecular complexity index is 2640. The monoisotopic (exact) mass is 825 g/mol. The van der Waals surface area contributed by atoms with Crippen molar-refractivity contribution in [1.82, 2.24) is 12.3 Å². The lowest BCUT2D eigenvalue weighted by atomic mass is 9.58. The van der Waals surface area contributed by atoms with E-state index in [1.165, 1.54) is 61.0 Å². The van der Waals surface area contributed by atoms with Gasteiger partial charge in [-0.25, -0.2) is 4.52 Å². The molecule has 6 heteroatoms. The molecule has 0 radical (unpaired) electrons. The molecule has 1 atom stereocenters. The fourth-order valence-electron chi connectivity index (χ4n) is 8.75. The predicted molar refractivity (Wildman–Crippen MR) is 236 cm³/mol. The fraction of sp³-hybridized carbons (Fsp3) is 0.312. The quantitative estimate of drug-likeness (QED) is 0.101. The number of hydrogen-bond acceptors (Lipinski definition) is 3. The number of nitrogens with zero attached hydrogens (tertiary/aromatic N) is 4. The topological polar surface area (TPSA) is 29.8 Å². The number of rotatable bonds is 4. The highest BCUT2D eigenvalue weighted by atomic mass is 127. The summed E-state index contributed by atoms with van der Waals surface area (Å²) in [5.41, 5.74) is 12.5. The molecule has 2 aromatic heterocycles. The molecule has 1 aliphatic carbocycles. The maximum absolute atomic E-state index is 6.75. The number of fused-ring (bicyclic) bond motifs is 4. The Labute approximate surface area is 333 Å². The van der Waals surface area contributed by atoms with Crippen molar-refractivity contribution < 1.29 is 4.74 Å². The van der Waals surface area contributed by atoms with E-state index >= 15 is 0 Å². The van der Waals surface area contributed by atoms with Crippen LogP contribution in [0, 0.1) is 0 Å². The van der Waals surface area contributed by atoms with Crippen molar-refractivity contribution >= 4 is 72.8 Å². The number of halogens is 1. The molecule has 5 nitrogen and oxygen atoms in total. The largest absolute Gasteiger partial charge is 0.457 e. The van der Waals surface area contributed by atoms with E-state index in [9.17, 15) is 0 Å². The maximum Gasteiger partial charge on any atom is 0.262 e. The van der Waals surface area contributed by atoms with Gasteiger partial charge in [-0.3, -0.25) is 4.90 Å². The lowest BCUT2D eigenvalue weighted by Crippen LogP contribution is -2.42. The maximum atomic E-state index is 6.75. The summed E-state index contributed by atoms with van der Waals surface area (Å²) in [6, 6.07) is 37.9. The van der Waals surface area contributed by atoms with Gasteiger partial charge >= 0.3 is 0 Å². The van der Waals surface area contributed by atoms with Gasteiger partial charge in [-0.05, 0) is 74.7 Å². The zero-order valence-electron chi connectivity index (χ0n) is 33.2. The lowest BCUT2D eigenvalue weighted by molar-refractivity contribution is 0.304. The Kier molecular flexibility index (Phi) is 7.56. The third kappa shape index (κ3) is 5.08. The van der Waals surface area contributed by atoms with Crippen LogP contribution in [0.1, 0.15) is 91.5 Å². The molecule has 0 spiro atoms. The van der Waals surface area contributed by atoms with Gasteiger partial charge in [0.15, 0.2) is 18.0 Å². The summed E-state index contributed by atoms with van der Waals surface area (Å²) in [5.74, 6) is 1.61. The van der Waals surface area contributed by atoms with Crippen molar-refractivity contribution in [2.45, 2.75) is 90.9 Å². The molecule has 0 bridgehead atoms.